The summed E-state index contributed by atoms with van der Waals surface area (Å²) in [5, 5.41) is 14.1. The van der Waals surface area contributed by atoms with Gasteiger partial charge in [0.05, 0.1) is 0 Å². The van der Waals surface area contributed by atoms with E-state index in [-0.39, 0.29) is 8.76 Å². The molecule has 0 atom stereocenters. The summed E-state index contributed by atoms with van der Waals surface area (Å²) in [7, 11) is 0. The molecule has 0 heterocycles. The summed E-state index contributed by atoms with van der Waals surface area (Å²) in [5.74, 6) is -0.293. The lowest BCUT2D eigenvalue weighted by Gasteiger charge is -2.03. The molecular formula is C8H22N2O2. The van der Waals surface area contributed by atoms with E-state index >= 15 is 0 Å². The van der Waals surface area contributed by atoms with Gasteiger partial charge in [-0.2, -0.15) is 0 Å². The molecule has 0 saturated heterocycles. The average molecular weight is 178 g/mol. The molecule has 0 aliphatic heterocycles. The number of amides is 1. The van der Waals surface area contributed by atoms with Gasteiger partial charge < -0.3 is 15.7 Å². The fourth-order valence-electron chi connectivity index (χ4n) is 0.835. The first-order valence-electron chi connectivity index (χ1n) is 4.39. The molecule has 0 rings (SSSR count). The van der Waals surface area contributed by atoms with Crippen molar-refractivity contribution in [2.75, 3.05) is 26.2 Å². The second-order valence-corrected chi connectivity index (χ2v) is 2.57. The highest BCUT2D eigenvalue weighted by atomic mass is 16.3. The average Bonchev–Trinajstić information content (AvgIpc) is 2.10. The second-order valence-electron chi connectivity index (χ2n) is 2.57. The summed E-state index contributed by atoms with van der Waals surface area (Å²) in [6, 6.07) is 0. The van der Waals surface area contributed by atoms with Crippen LogP contribution in [-0.4, -0.2) is 37.3 Å². The molecule has 0 aromatic rings. The lowest BCUT2D eigenvalue weighted by molar-refractivity contribution is -0.123. The molecular weight excluding hydrogens is 156 g/mol. The number of hydrogen-bond donors (Lipinski definition) is 3. The first-order chi connectivity index (χ1) is 5.81. The number of nitrogens with one attached hydrogen (secondary N) is 2. The van der Waals surface area contributed by atoms with Gasteiger partial charge in [0.25, 0.3) is 0 Å². The molecule has 12 heavy (non-hydrogen) atoms. The summed E-state index contributed by atoms with van der Waals surface area (Å²) < 4.78 is 0. The minimum absolute atomic E-state index is 0. The van der Waals surface area contributed by atoms with Gasteiger partial charge in [0.2, 0.25) is 5.91 Å². The molecule has 0 aliphatic rings. The van der Waals surface area contributed by atoms with Crippen molar-refractivity contribution in [2.45, 2.75) is 19.8 Å². The van der Waals surface area contributed by atoms with Crippen LogP contribution in [-0.2, 0) is 4.79 Å². The minimum Gasteiger partial charge on any atom is -0.387 e. The molecule has 0 saturated carbocycles. The normalized spacial score (nSPS) is 9.83. The van der Waals surface area contributed by atoms with Crippen LogP contribution in [0.3, 0.4) is 0 Å². The molecule has 0 radical (unpaired) electrons. The number of carbonyl (C=O) groups excluding carboxylic acids is 1. The third kappa shape index (κ3) is 7.50. The van der Waals surface area contributed by atoms with Crippen LogP contribution in [0.2, 0.25) is 0 Å². The molecule has 0 aromatic carbocycles. The summed E-state index contributed by atoms with van der Waals surface area (Å²) >= 11 is 0. The lowest BCUT2D eigenvalue weighted by atomic mass is 10.3. The van der Waals surface area contributed by atoms with E-state index in [9.17, 15) is 4.79 Å². The van der Waals surface area contributed by atoms with Crippen LogP contribution >= 0.6 is 0 Å². The van der Waals surface area contributed by atoms with Crippen molar-refractivity contribution in [3.05, 3.63) is 0 Å². The van der Waals surface area contributed by atoms with Crippen LogP contribution in [0.4, 0.5) is 0 Å². The topological polar surface area (TPSA) is 61.4 Å². The zero-order valence-corrected chi connectivity index (χ0v) is 7.60. The fourth-order valence-corrected chi connectivity index (χ4v) is 0.835. The van der Waals surface area contributed by atoms with E-state index in [1.54, 1.807) is 0 Å². The molecule has 0 spiro atoms. The highest BCUT2D eigenvalue weighted by molar-refractivity contribution is 5.76. The van der Waals surface area contributed by atoms with Crippen molar-refractivity contribution in [2.24, 2.45) is 0 Å². The van der Waals surface area contributed by atoms with E-state index in [1.165, 1.54) is 0 Å². The maximum Gasteiger partial charge on any atom is 0.245 e. The van der Waals surface area contributed by atoms with Crippen LogP contribution in [0.25, 0.3) is 0 Å². The van der Waals surface area contributed by atoms with Gasteiger partial charge >= 0.3 is 0 Å². The molecule has 1 amide bonds. The number of hydrogen-bond acceptors (Lipinski definition) is 3. The van der Waals surface area contributed by atoms with Crippen LogP contribution in [0, 0.1) is 0 Å². The zero-order valence-electron chi connectivity index (χ0n) is 7.60. The smallest absolute Gasteiger partial charge is 0.245 e. The number of rotatable bonds is 7. The van der Waals surface area contributed by atoms with E-state index in [1.807, 2.05) is 0 Å². The monoisotopic (exact) mass is 178 g/mol. The third-order valence-corrected chi connectivity index (χ3v) is 1.50. The van der Waals surface area contributed by atoms with Crippen molar-refractivity contribution in [3.63, 3.8) is 0 Å². The number of unbranched alkanes of at least 4 members (excludes halogenated alkanes) is 1. The highest BCUT2D eigenvalue weighted by Crippen LogP contribution is 1.83. The molecule has 4 heteroatoms. The molecule has 0 fully saturated rings. The number of aliphatic hydroxyl groups excluding tert-OH is 1. The summed E-state index contributed by atoms with van der Waals surface area (Å²) in [4.78, 5) is 10.5. The van der Waals surface area contributed by atoms with E-state index in [0.29, 0.717) is 6.54 Å². The van der Waals surface area contributed by atoms with E-state index < -0.39 is 6.61 Å². The Morgan fingerprint density at radius 1 is 1.42 bits per heavy atom. The van der Waals surface area contributed by atoms with E-state index in [4.69, 9.17) is 5.11 Å². The largest absolute Gasteiger partial charge is 0.387 e. The molecule has 0 aliphatic carbocycles. The molecule has 0 bridgehead atoms. The van der Waals surface area contributed by atoms with Crippen LogP contribution in [0.15, 0.2) is 0 Å². The Labute approximate surface area is 76.3 Å². The van der Waals surface area contributed by atoms with Crippen molar-refractivity contribution in [1.29, 1.82) is 0 Å². The Bertz CT molecular complexity index is 126. The maximum absolute atomic E-state index is 10.5. The van der Waals surface area contributed by atoms with Crippen molar-refractivity contribution >= 4 is 5.91 Å². The minimum atomic E-state index is -0.410. The van der Waals surface area contributed by atoms with Gasteiger partial charge in [-0.1, -0.05) is 6.92 Å². The van der Waals surface area contributed by atoms with Crippen LogP contribution in [0.5, 0.6) is 0 Å². The molecule has 4 nitrogen and oxygen atoms in total. The van der Waals surface area contributed by atoms with Gasteiger partial charge in [0, 0.05) is 9.40 Å². The van der Waals surface area contributed by atoms with Gasteiger partial charge in [-0.15, -0.1) is 0 Å². The molecule has 0 aromatic heterocycles. The SMILES string of the molecule is CCNCCCCNC(=O)CO.[HH].[HH]. The molecule has 3 N–H and O–H groups in total. The first kappa shape index (κ1) is 11.4. The number of aliphatic hydroxyl groups is 1. The fraction of sp³-hybridized carbons (Fsp3) is 0.875. The summed E-state index contributed by atoms with van der Waals surface area (Å²) in [5.41, 5.74) is 0. The standard InChI is InChI=1S/C8H18N2O2.2H2/c1-2-9-5-3-4-6-10-8(12)7-11;;/h9,11H,2-7H2,1H3,(H,10,12);2*1H. The van der Waals surface area contributed by atoms with E-state index in [2.05, 4.69) is 17.6 Å². The Balaban J connectivity index is -0.000000605. The van der Waals surface area contributed by atoms with Gasteiger partial charge in [0.1, 0.15) is 6.61 Å². The van der Waals surface area contributed by atoms with Crippen molar-refractivity contribution in [3.8, 4) is 0 Å². The van der Waals surface area contributed by atoms with Gasteiger partial charge in [0.15, 0.2) is 0 Å². The molecule has 0 unspecified atom stereocenters. The Hall–Kier alpha value is -0.610. The van der Waals surface area contributed by atoms with Gasteiger partial charge in [-0.05, 0) is 25.9 Å². The Morgan fingerprint density at radius 3 is 2.67 bits per heavy atom. The second kappa shape index (κ2) is 8.49. The maximum atomic E-state index is 10.5. The number of carbonyl (C=O) groups is 1. The summed E-state index contributed by atoms with van der Waals surface area (Å²) in [6.45, 7) is 4.29. The Kier molecular flexibility index (Phi) is 8.05. The van der Waals surface area contributed by atoms with Crippen molar-refractivity contribution in [1.82, 2.24) is 10.6 Å². The quantitative estimate of drug-likeness (QED) is 0.480. The zero-order chi connectivity index (χ0) is 9.23. The van der Waals surface area contributed by atoms with Crippen molar-refractivity contribution < 1.29 is 12.8 Å². The molecule has 76 valence electrons. The predicted octanol–water partition coefficient (Wildman–Crippen LogP) is -0.0234. The lowest BCUT2D eigenvalue weighted by Crippen LogP contribution is -2.27. The third-order valence-electron chi connectivity index (χ3n) is 1.50. The van der Waals surface area contributed by atoms with Gasteiger partial charge in [-0.25, -0.2) is 0 Å². The summed E-state index contributed by atoms with van der Waals surface area (Å²) in [6.07, 6.45) is 2.01. The van der Waals surface area contributed by atoms with Crippen LogP contribution in [0.1, 0.15) is 22.6 Å². The Morgan fingerprint density at radius 2 is 2.08 bits per heavy atom. The van der Waals surface area contributed by atoms with Crippen LogP contribution < -0.4 is 10.6 Å². The first-order valence-corrected chi connectivity index (χ1v) is 4.39. The highest BCUT2D eigenvalue weighted by Gasteiger charge is 1.95. The van der Waals surface area contributed by atoms with E-state index in [0.717, 1.165) is 25.9 Å². The predicted molar refractivity (Wildman–Crippen MR) is 52.1 cm³/mol. The van der Waals surface area contributed by atoms with Gasteiger partial charge in [-0.3, -0.25) is 4.79 Å².